The molecule has 0 spiro atoms. The number of hydrogen-bond donors (Lipinski definition) is 0. The summed E-state index contributed by atoms with van der Waals surface area (Å²) in [5.74, 6) is 0. The molecule has 5 aromatic rings. The molecule has 0 fully saturated rings. The molecule has 26 heavy (non-hydrogen) atoms. The van der Waals surface area contributed by atoms with Crippen LogP contribution in [0.5, 0.6) is 0 Å². The van der Waals surface area contributed by atoms with Gasteiger partial charge in [0.25, 0.3) is 0 Å². The van der Waals surface area contributed by atoms with E-state index in [4.69, 9.17) is 0 Å². The molecule has 1 heterocycles. The van der Waals surface area contributed by atoms with Gasteiger partial charge in [-0.05, 0) is 52.9 Å². The van der Waals surface area contributed by atoms with E-state index in [2.05, 4.69) is 95.6 Å². The summed E-state index contributed by atoms with van der Waals surface area (Å²) in [6.45, 7) is 0. The van der Waals surface area contributed by atoms with E-state index in [1.165, 1.54) is 49.7 Å². The van der Waals surface area contributed by atoms with Crippen molar-refractivity contribution in [1.82, 2.24) is 4.57 Å². The van der Waals surface area contributed by atoms with Gasteiger partial charge in [0.1, 0.15) is 0 Å². The summed E-state index contributed by atoms with van der Waals surface area (Å²) in [5, 5.41) is 2.74. The Hall–Kier alpha value is -3.32. The van der Waals surface area contributed by atoms with E-state index in [0.29, 0.717) is 0 Å². The molecule has 4 aromatic carbocycles. The molecule has 0 amide bonds. The normalized spacial score (nSPS) is 12.5. The maximum absolute atomic E-state index is 2.40. The number of aromatic nitrogens is 1. The first kappa shape index (κ1) is 13.9. The third-order valence-corrected chi connectivity index (χ3v) is 5.64. The zero-order valence-corrected chi connectivity index (χ0v) is 14.3. The fourth-order valence-electron chi connectivity index (χ4n) is 4.55. The lowest BCUT2D eigenvalue weighted by atomic mass is 10.0. The second-order valence-corrected chi connectivity index (χ2v) is 7.01. The molecule has 6 rings (SSSR count). The second kappa shape index (κ2) is 5.09. The summed E-state index contributed by atoms with van der Waals surface area (Å²) in [5.41, 5.74) is 9.47. The third kappa shape index (κ3) is 1.75. The van der Waals surface area contributed by atoms with Gasteiger partial charge in [-0.25, -0.2) is 0 Å². The van der Waals surface area contributed by atoms with Gasteiger partial charge in [-0.1, -0.05) is 66.7 Å². The van der Waals surface area contributed by atoms with Crippen LogP contribution in [-0.2, 0) is 6.42 Å². The Bertz CT molecular complexity index is 1290. The van der Waals surface area contributed by atoms with Crippen LogP contribution in [0.3, 0.4) is 0 Å². The van der Waals surface area contributed by atoms with Crippen molar-refractivity contribution >= 4 is 21.8 Å². The van der Waals surface area contributed by atoms with E-state index in [0.717, 1.165) is 6.42 Å². The van der Waals surface area contributed by atoms with Crippen molar-refractivity contribution in [2.45, 2.75) is 6.42 Å². The van der Waals surface area contributed by atoms with Gasteiger partial charge in [0.15, 0.2) is 0 Å². The molecule has 0 unspecified atom stereocenters. The summed E-state index contributed by atoms with van der Waals surface area (Å²) < 4.78 is 2.40. The predicted molar refractivity (Wildman–Crippen MR) is 109 cm³/mol. The molecule has 0 bridgehead atoms. The van der Waals surface area contributed by atoms with Gasteiger partial charge in [0, 0.05) is 16.5 Å². The summed E-state index contributed by atoms with van der Waals surface area (Å²) in [6, 6.07) is 32.9. The molecule has 0 saturated heterocycles. The molecule has 122 valence electrons. The lowest BCUT2D eigenvalue weighted by Gasteiger charge is -2.08. The standard InChI is InChI=1S/C25H17N/c1-2-9-18(10-3-1)26-23-13-7-6-12-21(23)25-22-16-17-8-4-5-11-19(17)20(22)14-15-24(25)26/h1-15H,16H2. The smallest absolute Gasteiger partial charge is 0.0544 e. The average molecular weight is 331 g/mol. The Balaban J connectivity index is 1.78. The zero-order chi connectivity index (χ0) is 17.1. The maximum Gasteiger partial charge on any atom is 0.0544 e. The van der Waals surface area contributed by atoms with Gasteiger partial charge in [0.05, 0.1) is 11.0 Å². The predicted octanol–water partition coefficient (Wildman–Crippen LogP) is 6.35. The van der Waals surface area contributed by atoms with Gasteiger partial charge in [0.2, 0.25) is 0 Å². The molecular formula is C25H17N. The van der Waals surface area contributed by atoms with Crippen molar-refractivity contribution < 1.29 is 0 Å². The molecule has 1 aliphatic carbocycles. The van der Waals surface area contributed by atoms with Crippen molar-refractivity contribution in [2.24, 2.45) is 0 Å². The highest BCUT2D eigenvalue weighted by Crippen LogP contribution is 2.44. The van der Waals surface area contributed by atoms with E-state index in [-0.39, 0.29) is 0 Å². The molecular weight excluding hydrogens is 314 g/mol. The van der Waals surface area contributed by atoms with E-state index in [1.807, 2.05) is 0 Å². The van der Waals surface area contributed by atoms with Gasteiger partial charge in [-0.3, -0.25) is 0 Å². The molecule has 0 aliphatic heterocycles. The van der Waals surface area contributed by atoms with Crippen LogP contribution < -0.4 is 0 Å². The molecule has 1 heteroatoms. The Morgan fingerprint density at radius 2 is 1.35 bits per heavy atom. The topological polar surface area (TPSA) is 4.93 Å². The van der Waals surface area contributed by atoms with Crippen LogP contribution in [-0.4, -0.2) is 4.57 Å². The van der Waals surface area contributed by atoms with E-state index in [1.54, 1.807) is 0 Å². The van der Waals surface area contributed by atoms with Crippen molar-refractivity contribution in [3.05, 3.63) is 102 Å². The monoisotopic (exact) mass is 331 g/mol. The van der Waals surface area contributed by atoms with Crippen molar-refractivity contribution in [3.8, 4) is 16.8 Å². The number of hydrogen-bond acceptors (Lipinski definition) is 0. The van der Waals surface area contributed by atoms with E-state index in [9.17, 15) is 0 Å². The summed E-state index contributed by atoms with van der Waals surface area (Å²) in [4.78, 5) is 0. The first-order valence-electron chi connectivity index (χ1n) is 9.10. The van der Waals surface area contributed by atoms with E-state index >= 15 is 0 Å². The minimum absolute atomic E-state index is 1.02. The van der Waals surface area contributed by atoms with Crippen LogP contribution in [0.4, 0.5) is 0 Å². The Morgan fingerprint density at radius 1 is 0.577 bits per heavy atom. The van der Waals surface area contributed by atoms with Gasteiger partial charge in [-0.2, -0.15) is 0 Å². The number of para-hydroxylation sites is 2. The van der Waals surface area contributed by atoms with Crippen LogP contribution in [0.1, 0.15) is 11.1 Å². The van der Waals surface area contributed by atoms with Gasteiger partial charge in [-0.15, -0.1) is 0 Å². The minimum atomic E-state index is 1.02. The fraction of sp³-hybridized carbons (Fsp3) is 0.0400. The minimum Gasteiger partial charge on any atom is -0.309 e. The summed E-state index contributed by atoms with van der Waals surface area (Å²) in [7, 11) is 0. The molecule has 1 aromatic heterocycles. The largest absolute Gasteiger partial charge is 0.309 e. The van der Waals surface area contributed by atoms with Crippen LogP contribution >= 0.6 is 0 Å². The lowest BCUT2D eigenvalue weighted by Crippen LogP contribution is -1.93. The number of nitrogens with zero attached hydrogens (tertiary/aromatic N) is 1. The highest BCUT2D eigenvalue weighted by Gasteiger charge is 2.23. The lowest BCUT2D eigenvalue weighted by molar-refractivity contribution is 1.18. The van der Waals surface area contributed by atoms with Crippen LogP contribution in [0.2, 0.25) is 0 Å². The van der Waals surface area contributed by atoms with Crippen molar-refractivity contribution in [3.63, 3.8) is 0 Å². The number of rotatable bonds is 1. The number of benzene rings is 4. The third-order valence-electron chi connectivity index (χ3n) is 5.64. The van der Waals surface area contributed by atoms with Crippen molar-refractivity contribution in [1.29, 1.82) is 0 Å². The summed E-state index contributed by atoms with van der Waals surface area (Å²) in [6.07, 6.45) is 1.02. The average Bonchev–Trinajstić information content (AvgIpc) is 3.24. The molecule has 1 nitrogen and oxygen atoms in total. The fourth-order valence-corrected chi connectivity index (χ4v) is 4.55. The van der Waals surface area contributed by atoms with Crippen LogP contribution in [0.25, 0.3) is 38.6 Å². The van der Waals surface area contributed by atoms with Gasteiger partial charge >= 0.3 is 0 Å². The molecule has 0 N–H and O–H groups in total. The molecule has 0 atom stereocenters. The SMILES string of the molecule is c1ccc(-n2c3ccccc3c3c4c(ccc32)-c2ccccc2C4)cc1. The van der Waals surface area contributed by atoms with Gasteiger partial charge < -0.3 is 4.57 Å². The molecule has 1 aliphatic rings. The first-order chi connectivity index (χ1) is 12.9. The van der Waals surface area contributed by atoms with Crippen LogP contribution in [0.15, 0.2) is 91.0 Å². The second-order valence-electron chi connectivity index (χ2n) is 7.01. The Morgan fingerprint density at radius 3 is 2.27 bits per heavy atom. The first-order valence-corrected chi connectivity index (χ1v) is 9.10. The van der Waals surface area contributed by atoms with Crippen molar-refractivity contribution in [2.75, 3.05) is 0 Å². The summed E-state index contributed by atoms with van der Waals surface area (Å²) >= 11 is 0. The molecule has 0 saturated carbocycles. The van der Waals surface area contributed by atoms with Crippen LogP contribution in [0, 0.1) is 0 Å². The quantitative estimate of drug-likeness (QED) is 0.330. The Kier molecular flexibility index (Phi) is 2.72. The van der Waals surface area contributed by atoms with E-state index < -0.39 is 0 Å². The highest BCUT2D eigenvalue weighted by molar-refractivity contribution is 6.13. The highest BCUT2D eigenvalue weighted by atomic mass is 15.0. The zero-order valence-electron chi connectivity index (χ0n) is 14.3. The maximum atomic E-state index is 2.40. The molecule has 0 radical (unpaired) electrons. The Labute approximate surface area is 152 Å². The number of fused-ring (bicyclic) bond motifs is 7.